The summed E-state index contributed by atoms with van der Waals surface area (Å²) < 4.78 is 87.2. The first-order valence-electron chi connectivity index (χ1n) is 14.2. The lowest BCUT2D eigenvalue weighted by Crippen LogP contribution is -2.50. The predicted octanol–water partition coefficient (Wildman–Crippen LogP) is 5.90. The molecule has 14 heteroatoms. The van der Waals surface area contributed by atoms with Gasteiger partial charge in [-0.3, -0.25) is 19.3 Å². The minimum atomic E-state index is -5.19. The lowest BCUT2D eigenvalue weighted by atomic mass is 9.95. The third kappa shape index (κ3) is 7.11. The summed E-state index contributed by atoms with van der Waals surface area (Å²) in [6.45, 7) is 4.13. The highest BCUT2D eigenvalue weighted by atomic mass is 32.2. The second-order valence-corrected chi connectivity index (χ2v) is 12.4. The van der Waals surface area contributed by atoms with Crippen LogP contribution >= 0.6 is 0 Å². The van der Waals surface area contributed by atoms with Crippen molar-refractivity contribution in [2.75, 3.05) is 30.9 Å². The molecule has 3 aromatic carbocycles. The molecule has 3 aromatic rings. The quantitative estimate of drug-likeness (QED) is 0.322. The van der Waals surface area contributed by atoms with Crippen molar-refractivity contribution >= 4 is 39.4 Å². The molecule has 0 bridgehead atoms. The molecule has 1 N–H and O–H groups in total. The average Bonchev–Trinajstić information content (AvgIpc) is 3.00. The van der Waals surface area contributed by atoms with E-state index in [9.17, 15) is 35.6 Å². The number of hydrogen-bond acceptors (Lipinski definition) is 6. The third-order valence-electron chi connectivity index (χ3n) is 7.70. The highest BCUT2D eigenvalue weighted by Crippen LogP contribution is 2.39. The Hall–Kier alpha value is -4.46. The van der Waals surface area contributed by atoms with Crippen LogP contribution < -0.4 is 9.46 Å². The van der Waals surface area contributed by atoms with Gasteiger partial charge in [-0.05, 0) is 72.4 Å². The molecule has 0 saturated carbocycles. The number of rotatable bonds is 7. The normalized spacial score (nSPS) is 16.7. The summed E-state index contributed by atoms with van der Waals surface area (Å²) in [7, 11) is -4.42. The predicted molar refractivity (Wildman–Crippen MR) is 159 cm³/mol. The number of nitrogens with one attached hydrogen (secondary N) is 1. The molecule has 0 spiro atoms. The Morgan fingerprint density at radius 3 is 2.29 bits per heavy atom. The van der Waals surface area contributed by atoms with Gasteiger partial charge >= 0.3 is 6.36 Å². The van der Waals surface area contributed by atoms with Gasteiger partial charge in [-0.15, -0.1) is 13.2 Å². The van der Waals surface area contributed by atoms with Gasteiger partial charge in [0.05, 0.1) is 11.4 Å². The van der Waals surface area contributed by atoms with Crippen molar-refractivity contribution in [3.05, 3.63) is 82.7 Å². The average molecular weight is 647 g/mol. The molecule has 2 heterocycles. The van der Waals surface area contributed by atoms with E-state index in [4.69, 9.17) is 0 Å². The molecule has 0 aliphatic carbocycles. The van der Waals surface area contributed by atoms with Crippen molar-refractivity contribution in [1.29, 1.82) is 0 Å². The SMILES string of the molecule is CCc1cc(F)cc(C(=O)N2CCN(C(=O)c3ccc(NS(=O)(=O)c4cccc5c4N=CCC5C)c(OC(F)(F)F)c3)CC2)c1. The maximum Gasteiger partial charge on any atom is 0.573 e. The zero-order valence-corrected chi connectivity index (χ0v) is 25.2. The number of alkyl halides is 3. The summed E-state index contributed by atoms with van der Waals surface area (Å²) in [6.07, 6.45) is -2.44. The number of aliphatic imine (C=N–C) groups is 1. The molecule has 9 nitrogen and oxygen atoms in total. The molecule has 1 fully saturated rings. The molecule has 2 aliphatic heterocycles. The Labute approximate surface area is 257 Å². The molecule has 5 rings (SSSR count). The van der Waals surface area contributed by atoms with Gasteiger partial charge in [0.15, 0.2) is 5.75 Å². The highest BCUT2D eigenvalue weighted by Gasteiger charge is 2.34. The maximum absolute atomic E-state index is 14.0. The fourth-order valence-corrected chi connectivity index (χ4v) is 6.58. The van der Waals surface area contributed by atoms with Crippen LogP contribution in [0.1, 0.15) is 58.0 Å². The van der Waals surface area contributed by atoms with Gasteiger partial charge in [0.1, 0.15) is 10.7 Å². The number of aryl methyl sites for hydroxylation is 1. The van der Waals surface area contributed by atoms with Crippen LogP contribution in [-0.2, 0) is 16.4 Å². The van der Waals surface area contributed by atoms with Gasteiger partial charge in [0.25, 0.3) is 21.8 Å². The molecule has 1 atom stereocenters. The minimum Gasteiger partial charge on any atom is -0.404 e. The van der Waals surface area contributed by atoms with Crippen molar-refractivity contribution in [2.45, 2.75) is 43.9 Å². The lowest BCUT2D eigenvalue weighted by molar-refractivity contribution is -0.274. The largest absolute Gasteiger partial charge is 0.573 e. The summed E-state index contributed by atoms with van der Waals surface area (Å²) >= 11 is 0. The number of carbonyl (C=O) groups excluding carboxylic acids is 2. The van der Waals surface area contributed by atoms with Gasteiger partial charge in [-0.25, -0.2) is 12.8 Å². The molecule has 1 saturated heterocycles. The van der Waals surface area contributed by atoms with Gasteiger partial charge in [0.2, 0.25) is 0 Å². The fraction of sp³-hybridized carbons (Fsp3) is 0.323. The van der Waals surface area contributed by atoms with E-state index < -0.39 is 45.5 Å². The second kappa shape index (κ2) is 12.5. The van der Waals surface area contributed by atoms with Crippen LogP contribution in [0.15, 0.2) is 64.5 Å². The number of halogens is 4. The first-order chi connectivity index (χ1) is 21.3. The molecule has 2 aliphatic rings. The van der Waals surface area contributed by atoms with E-state index in [1.165, 1.54) is 34.1 Å². The fourth-order valence-electron chi connectivity index (χ4n) is 5.33. The standard InChI is InChI=1S/C31H30F4N4O5S/c1-3-20-15-22(17-23(32)16-20)30(41)39-13-11-38(12-14-39)29(40)21-7-8-25(26(18-21)44-31(33,34)35)37-45(42,43)27-6-4-5-24-19(2)9-10-36-28(24)27/h4-8,10,15-19,37H,3,9,11-14H2,1-2H3. The third-order valence-corrected chi connectivity index (χ3v) is 9.09. The van der Waals surface area contributed by atoms with Crippen LogP contribution in [0.2, 0.25) is 0 Å². The van der Waals surface area contributed by atoms with Crippen molar-refractivity contribution in [3.8, 4) is 5.75 Å². The molecular formula is C31H30F4N4O5S. The van der Waals surface area contributed by atoms with E-state index in [2.05, 4.69) is 14.5 Å². The summed E-state index contributed by atoms with van der Waals surface area (Å²) in [6, 6.07) is 11.7. The molecule has 45 heavy (non-hydrogen) atoms. The topological polar surface area (TPSA) is 108 Å². The first-order valence-corrected chi connectivity index (χ1v) is 15.7. The van der Waals surface area contributed by atoms with E-state index in [0.717, 1.165) is 18.2 Å². The van der Waals surface area contributed by atoms with Crippen LogP contribution in [-0.4, -0.2) is 68.8 Å². The zero-order chi connectivity index (χ0) is 32.5. The molecular weight excluding hydrogens is 616 g/mol. The summed E-state index contributed by atoms with van der Waals surface area (Å²) in [5.74, 6) is -2.47. The Morgan fingerprint density at radius 1 is 0.978 bits per heavy atom. The Bertz CT molecular complexity index is 1770. The molecule has 238 valence electrons. The van der Waals surface area contributed by atoms with Crippen LogP contribution in [0.25, 0.3) is 0 Å². The Balaban J connectivity index is 1.34. The molecule has 2 amide bonds. The zero-order valence-electron chi connectivity index (χ0n) is 24.4. The molecule has 1 unspecified atom stereocenters. The Kier molecular flexibility index (Phi) is 8.88. The number of sulfonamides is 1. The van der Waals surface area contributed by atoms with E-state index in [1.807, 2.05) is 13.8 Å². The summed E-state index contributed by atoms with van der Waals surface area (Å²) in [5.41, 5.74) is 1.06. The second-order valence-electron chi connectivity index (χ2n) is 10.8. The van der Waals surface area contributed by atoms with Gasteiger partial charge in [-0.2, -0.15) is 0 Å². The van der Waals surface area contributed by atoms with Crippen LogP contribution in [0.3, 0.4) is 0 Å². The number of carbonyl (C=O) groups is 2. The number of amides is 2. The smallest absolute Gasteiger partial charge is 0.404 e. The van der Waals surface area contributed by atoms with Crippen LogP contribution in [0.5, 0.6) is 5.75 Å². The van der Waals surface area contributed by atoms with Crippen molar-refractivity contribution in [2.24, 2.45) is 4.99 Å². The molecule has 0 aromatic heterocycles. The van der Waals surface area contributed by atoms with Gasteiger partial charge in [0, 0.05) is 43.5 Å². The van der Waals surface area contributed by atoms with Gasteiger partial charge < -0.3 is 14.5 Å². The number of fused-ring (bicyclic) bond motifs is 1. The Morgan fingerprint density at radius 2 is 1.64 bits per heavy atom. The van der Waals surface area contributed by atoms with E-state index in [-0.39, 0.29) is 53.8 Å². The lowest BCUT2D eigenvalue weighted by Gasteiger charge is -2.35. The van der Waals surface area contributed by atoms with Crippen molar-refractivity contribution in [3.63, 3.8) is 0 Å². The van der Waals surface area contributed by atoms with Crippen LogP contribution in [0, 0.1) is 5.82 Å². The first kappa shape index (κ1) is 31.9. The van der Waals surface area contributed by atoms with E-state index in [0.29, 0.717) is 24.0 Å². The number of piperazine rings is 1. The van der Waals surface area contributed by atoms with Crippen molar-refractivity contribution < 1.29 is 40.3 Å². The van der Waals surface area contributed by atoms with Gasteiger partial charge in [-0.1, -0.05) is 26.0 Å². The summed E-state index contributed by atoms with van der Waals surface area (Å²) in [5, 5.41) is 0. The minimum absolute atomic E-state index is 0.00249. The molecule has 0 radical (unpaired) electrons. The summed E-state index contributed by atoms with van der Waals surface area (Å²) in [4.78, 5) is 33.1. The van der Waals surface area contributed by atoms with Crippen LogP contribution in [0.4, 0.5) is 28.9 Å². The van der Waals surface area contributed by atoms with E-state index in [1.54, 1.807) is 18.3 Å². The maximum atomic E-state index is 14.0. The number of anilines is 1. The number of benzene rings is 3. The number of ether oxygens (including phenoxy) is 1. The number of nitrogens with zero attached hydrogens (tertiary/aromatic N) is 3. The number of hydrogen-bond donors (Lipinski definition) is 1. The van der Waals surface area contributed by atoms with Crippen molar-refractivity contribution in [1.82, 2.24) is 9.80 Å². The van der Waals surface area contributed by atoms with E-state index >= 15 is 0 Å². The monoisotopic (exact) mass is 646 g/mol. The number of para-hydroxylation sites is 1. The highest BCUT2D eigenvalue weighted by molar-refractivity contribution is 7.92.